The number of H-pyrrole nitrogens is 1. The zero-order valence-corrected chi connectivity index (χ0v) is 9.98. The fourth-order valence-electron chi connectivity index (χ4n) is 1.47. The molecule has 0 spiro atoms. The van der Waals surface area contributed by atoms with Gasteiger partial charge < -0.3 is 0 Å². The number of nitrogens with one attached hydrogen (secondary N) is 2. The van der Waals surface area contributed by atoms with Gasteiger partial charge in [0.2, 0.25) is 5.95 Å². The van der Waals surface area contributed by atoms with Crippen molar-refractivity contribution in [2.24, 2.45) is 5.84 Å². The van der Waals surface area contributed by atoms with Crippen LogP contribution < -0.4 is 11.3 Å². The van der Waals surface area contributed by atoms with Gasteiger partial charge >= 0.3 is 0 Å². The van der Waals surface area contributed by atoms with E-state index in [1.54, 1.807) is 18.6 Å². The minimum absolute atomic E-state index is 0.350. The number of fused-ring (bicyclic) bond motifs is 1. The van der Waals surface area contributed by atoms with Crippen molar-refractivity contribution < 1.29 is 0 Å². The summed E-state index contributed by atoms with van der Waals surface area (Å²) in [6.45, 7) is 0. The molecular weight excluding hydrogens is 250 g/mol. The van der Waals surface area contributed by atoms with Gasteiger partial charge in [0, 0.05) is 17.3 Å². The summed E-state index contributed by atoms with van der Waals surface area (Å²) in [4.78, 5) is 13.5. The lowest BCUT2D eigenvalue weighted by Gasteiger charge is -2.04. The van der Waals surface area contributed by atoms with E-state index in [4.69, 9.17) is 5.84 Å². The quantitative estimate of drug-likeness (QED) is 0.368. The van der Waals surface area contributed by atoms with E-state index in [9.17, 15) is 0 Å². The Kier molecular flexibility index (Phi) is 2.79. The monoisotopic (exact) mass is 259 g/mol. The second-order valence-electron chi connectivity index (χ2n) is 3.41. The zero-order chi connectivity index (χ0) is 12.4. The summed E-state index contributed by atoms with van der Waals surface area (Å²) in [5.74, 6) is 5.69. The summed E-state index contributed by atoms with van der Waals surface area (Å²) in [5.41, 5.74) is 3.09. The number of aromatic nitrogens is 5. The number of hydrogen-bond acceptors (Lipinski definition) is 7. The summed E-state index contributed by atoms with van der Waals surface area (Å²) in [7, 11) is 0. The van der Waals surface area contributed by atoms with Crippen molar-refractivity contribution in [2.45, 2.75) is 9.92 Å². The van der Waals surface area contributed by atoms with Crippen LogP contribution in [0.15, 0.2) is 40.6 Å². The van der Waals surface area contributed by atoms with E-state index in [2.05, 4.69) is 30.6 Å². The van der Waals surface area contributed by atoms with Crippen molar-refractivity contribution >= 4 is 28.7 Å². The second kappa shape index (κ2) is 4.59. The smallest absolute Gasteiger partial charge is 0.240 e. The highest BCUT2D eigenvalue weighted by atomic mass is 32.2. The Morgan fingerprint density at radius 2 is 2.06 bits per heavy atom. The molecule has 90 valence electrons. The third-order valence-electron chi connectivity index (χ3n) is 2.27. The lowest BCUT2D eigenvalue weighted by molar-refractivity contribution is 1.05. The molecule has 0 aliphatic heterocycles. The number of pyridine rings is 1. The molecular formula is C10H9N7S. The van der Waals surface area contributed by atoms with Crippen LogP contribution in [0.2, 0.25) is 0 Å². The Labute approximate surface area is 106 Å². The zero-order valence-electron chi connectivity index (χ0n) is 9.16. The maximum Gasteiger partial charge on any atom is 0.240 e. The fourth-order valence-corrected chi connectivity index (χ4v) is 2.34. The topological polar surface area (TPSA) is 105 Å². The lowest BCUT2D eigenvalue weighted by Crippen LogP contribution is -2.10. The maximum absolute atomic E-state index is 5.34. The Balaban J connectivity index is 2.07. The van der Waals surface area contributed by atoms with E-state index in [1.165, 1.54) is 11.8 Å². The van der Waals surface area contributed by atoms with Crippen molar-refractivity contribution in [1.29, 1.82) is 0 Å². The van der Waals surface area contributed by atoms with Crippen LogP contribution in [-0.4, -0.2) is 25.1 Å². The first-order chi connectivity index (χ1) is 8.86. The maximum atomic E-state index is 5.34. The van der Waals surface area contributed by atoms with Crippen molar-refractivity contribution in [1.82, 2.24) is 25.1 Å². The molecule has 0 saturated carbocycles. The van der Waals surface area contributed by atoms with Crippen molar-refractivity contribution in [3.8, 4) is 0 Å². The van der Waals surface area contributed by atoms with Crippen LogP contribution in [-0.2, 0) is 0 Å². The van der Waals surface area contributed by atoms with Crippen LogP contribution in [0.4, 0.5) is 5.95 Å². The molecule has 0 aromatic carbocycles. The van der Waals surface area contributed by atoms with Crippen LogP contribution in [0.1, 0.15) is 0 Å². The van der Waals surface area contributed by atoms with Gasteiger partial charge in [0.05, 0.1) is 11.6 Å². The third-order valence-corrected chi connectivity index (χ3v) is 3.28. The first-order valence-corrected chi connectivity index (χ1v) is 5.94. The number of hydrazine groups is 1. The normalized spacial score (nSPS) is 10.7. The SMILES string of the molecule is NNc1nc(Sc2ccncc2)c2cn[nH]c2n1. The molecule has 4 N–H and O–H groups in total. The highest BCUT2D eigenvalue weighted by Gasteiger charge is 2.10. The molecule has 0 amide bonds. The first-order valence-electron chi connectivity index (χ1n) is 5.12. The van der Waals surface area contributed by atoms with E-state index in [0.717, 1.165) is 15.3 Å². The number of anilines is 1. The molecule has 3 rings (SSSR count). The van der Waals surface area contributed by atoms with Gasteiger partial charge in [0.1, 0.15) is 5.03 Å². The Hall–Kier alpha value is -2.19. The lowest BCUT2D eigenvalue weighted by atomic mass is 10.4. The predicted molar refractivity (Wildman–Crippen MR) is 67.9 cm³/mol. The Morgan fingerprint density at radius 1 is 1.22 bits per heavy atom. The van der Waals surface area contributed by atoms with Gasteiger partial charge in [-0.15, -0.1) is 0 Å². The summed E-state index contributed by atoms with van der Waals surface area (Å²) in [6, 6.07) is 3.82. The van der Waals surface area contributed by atoms with Crippen molar-refractivity contribution in [3.05, 3.63) is 30.7 Å². The number of rotatable bonds is 3. The van der Waals surface area contributed by atoms with Crippen LogP contribution in [0.5, 0.6) is 0 Å². The van der Waals surface area contributed by atoms with Gasteiger partial charge in [-0.2, -0.15) is 10.1 Å². The van der Waals surface area contributed by atoms with E-state index in [1.807, 2.05) is 12.1 Å². The van der Waals surface area contributed by atoms with Gasteiger partial charge in [0.25, 0.3) is 0 Å². The summed E-state index contributed by atoms with van der Waals surface area (Å²) in [6.07, 6.45) is 5.16. The summed E-state index contributed by atoms with van der Waals surface area (Å²) >= 11 is 1.50. The molecule has 8 heteroatoms. The minimum Gasteiger partial charge on any atom is -0.292 e. The largest absolute Gasteiger partial charge is 0.292 e. The van der Waals surface area contributed by atoms with Gasteiger partial charge in [-0.05, 0) is 12.1 Å². The van der Waals surface area contributed by atoms with Gasteiger partial charge in [-0.3, -0.25) is 15.5 Å². The van der Waals surface area contributed by atoms with Crippen molar-refractivity contribution in [2.75, 3.05) is 5.43 Å². The molecule has 7 nitrogen and oxygen atoms in total. The number of hydrogen-bond donors (Lipinski definition) is 3. The number of nitrogens with two attached hydrogens (primary N) is 1. The number of aromatic amines is 1. The Morgan fingerprint density at radius 3 is 2.83 bits per heavy atom. The number of nitrogen functional groups attached to an aromatic ring is 1. The van der Waals surface area contributed by atoms with Crippen LogP contribution in [0.3, 0.4) is 0 Å². The van der Waals surface area contributed by atoms with Gasteiger partial charge in [-0.1, -0.05) is 11.8 Å². The van der Waals surface area contributed by atoms with Crippen LogP contribution in [0, 0.1) is 0 Å². The molecule has 3 aromatic heterocycles. The van der Waals surface area contributed by atoms with Crippen LogP contribution >= 0.6 is 11.8 Å². The molecule has 0 unspecified atom stereocenters. The average Bonchev–Trinajstić information content (AvgIpc) is 2.88. The standard InChI is InChI=1S/C10H9N7S/c11-16-10-14-8-7(5-13-17-8)9(15-10)18-6-1-3-12-4-2-6/h1-5H,11H2,(H2,13,14,15,16,17). The molecule has 0 radical (unpaired) electrons. The van der Waals surface area contributed by atoms with E-state index in [-0.39, 0.29) is 0 Å². The highest BCUT2D eigenvalue weighted by molar-refractivity contribution is 7.99. The fraction of sp³-hybridized carbons (Fsp3) is 0. The van der Waals surface area contributed by atoms with Gasteiger partial charge in [0.15, 0.2) is 5.65 Å². The minimum atomic E-state index is 0.350. The number of nitrogens with zero attached hydrogens (tertiary/aromatic N) is 4. The molecule has 0 saturated heterocycles. The van der Waals surface area contributed by atoms with E-state index >= 15 is 0 Å². The predicted octanol–water partition coefficient (Wildman–Crippen LogP) is 1.18. The molecule has 3 heterocycles. The van der Waals surface area contributed by atoms with E-state index < -0.39 is 0 Å². The second-order valence-corrected chi connectivity index (χ2v) is 4.48. The molecule has 0 atom stereocenters. The highest BCUT2D eigenvalue weighted by Crippen LogP contribution is 2.30. The third kappa shape index (κ3) is 1.98. The average molecular weight is 259 g/mol. The first kappa shape index (κ1) is 10.9. The van der Waals surface area contributed by atoms with Gasteiger partial charge in [-0.25, -0.2) is 10.8 Å². The molecule has 0 aliphatic carbocycles. The van der Waals surface area contributed by atoms with E-state index in [0.29, 0.717) is 11.6 Å². The Bertz CT molecular complexity index is 666. The van der Waals surface area contributed by atoms with Crippen molar-refractivity contribution in [3.63, 3.8) is 0 Å². The molecule has 0 aliphatic rings. The molecule has 18 heavy (non-hydrogen) atoms. The summed E-state index contributed by atoms with van der Waals surface area (Å²) in [5, 5.41) is 8.40. The van der Waals surface area contributed by atoms with Crippen LogP contribution in [0.25, 0.3) is 11.0 Å². The molecule has 0 bridgehead atoms. The molecule has 3 aromatic rings. The summed E-state index contributed by atoms with van der Waals surface area (Å²) < 4.78 is 0. The molecule has 0 fully saturated rings.